The molecule has 2 heterocycles. The molecule has 1 aromatic heterocycles. The maximum atomic E-state index is 13.4. The highest BCUT2D eigenvalue weighted by Gasteiger charge is 2.44. The Morgan fingerprint density at radius 3 is 2.37 bits per heavy atom. The van der Waals surface area contributed by atoms with Gasteiger partial charge in [0.1, 0.15) is 0 Å². The second-order valence-corrected chi connectivity index (χ2v) is 9.62. The fourth-order valence-corrected chi connectivity index (χ4v) is 4.61. The van der Waals surface area contributed by atoms with Crippen molar-refractivity contribution >= 4 is 23.0 Å². The van der Waals surface area contributed by atoms with E-state index in [1.165, 1.54) is 21.8 Å². The van der Waals surface area contributed by atoms with Gasteiger partial charge in [-0.1, -0.05) is 38.1 Å². The predicted molar refractivity (Wildman–Crippen MR) is 118 cm³/mol. The van der Waals surface area contributed by atoms with Gasteiger partial charge in [0.2, 0.25) is 5.78 Å². The van der Waals surface area contributed by atoms with Crippen LogP contribution in [0.1, 0.15) is 57.3 Å². The summed E-state index contributed by atoms with van der Waals surface area (Å²) in [7, 11) is 4.02. The van der Waals surface area contributed by atoms with Crippen molar-refractivity contribution in [2.75, 3.05) is 27.2 Å². The molecule has 1 aromatic carbocycles. The normalized spacial score (nSPS) is 17.0. The van der Waals surface area contributed by atoms with Gasteiger partial charge in [-0.2, -0.15) is 0 Å². The van der Waals surface area contributed by atoms with Crippen molar-refractivity contribution in [1.82, 2.24) is 9.88 Å². The Morgan fingerprint density at radius 1 is 1.23 bits per heavy atom. The lowest BCUT2D eigenvalue weighted by molar-refractivity contribution is -0.857. The van der Waals surface area contributed by atoms with Gasteiger partial charge in [0.05, 0.1) is 54.4 Å². The first-order valence-electron chi connectivity index (χ1n) is 10.2. The molecule has 2 aromatic rings. The van der Waals surface area contributed by atoms with E-state index in [-0.39, 0.29) is 11.4 Å². The fraction of sp³-hybridized carbons (Fsp3) is 0.435. The van der Waals surface area contributed by atoms with Crippen LogP contribution in [0.5, 0.6) is 0 Å². The number of Topliss-reactive ketones (excluding diaryl/α,β-unsaturated/α-hetero) is 1. The zero-order valence-electron chi connectivity index (χ0n) is 18.4. The molecule has 30 heavy (non-hydrogen) atoms. The predicted octanol–water partition coefficient (Wildman–Crippen LogP) is 2.61. The molecule has 1 atom stereocenters. The molecule has 0 spiro atoms. The van der Waals surface area contributed by atoms with Crippen LogP contribution >= 0.6 is 11.3 Å². The summed E-state index contributed by atoms with van der Waals surface area (Å²) in [5, 5.41) is 11.5. The molecular formula is C23H30N3O3S+. The Kier molecular flexibility index (Phi) is 6.43. The number of quaternary nitrogens is 1. The van der Waals surface area contributed by atoms with Gasteiger partial charge in [-0.05, 0) is 30.9 Å². The number of nitrogens with one attached hydrogen (secondary N) is 1. The number of thiazole rings is 1. The molecule has 1 aliphatic heterocycles. The molecule has 0 radical (unpaired) electrons. The molecule has 2 N–H and O–H groups in total. The lowest BCUT2D eigenvalue weighted by Crippen LogP contribution is -3.06. The number of ketones is 1. The number of benzene rings is 1. The number of rotatable bonds is 7. The van der Waals surface area contributed by atoms with Gasteiger partial charge in [-0.3, -0.25) is 9.59 Å². The lowest BCUT2D eigenvalue weighted by atomic mass is 9.93. The molecule has 1 aliphatic rings. The highest BCUT2D eigenvalue weighted by atomic mass is 32.1. The summed E-state index contributed by atoms with van der Waals surface area (Å²) in [6.45, 7) is 9.02. The number of amides is 1. The van der Waals surface area contributed by atoms with E-state index in [9.17, 15) is 14.7 Å². The molecule has 6 nitrogen and oxygen atoms in total. The third kappa shape index (κ3) is 4.18. The van der Waals surface area contributed by atoms with Crippen LogP contribution in [0.3, 0.4) is 0 Å². The standard InChI is InChI=1S/C23H29N3O3S/c1-13(2)16-7-9-17(10-8-16)19-18(20(27)22-14(3)24-15(4)30-22)21(28)23(29)26(19)12-11-25(5)6/h7-10,13,19,28H,11-12H2,1-6H3/p+1/t19-/m0/s1. The van der Waals surface area contributed by atoms with Crippen molar-refractivity contribution in [2.45, 2.75) is 39.7 Å². The van der Waals surface area contributed by atoms with E-state index < -0.39 is 17.7 Å². The number of hydrogen-bond acceptors (Lipinski definition) is 5. The third-order valence-corrected chi connectivity index (χ3v) is 6.50. The fourth-order valence-electron chi connectivity index (χ4n) is 3.73. The van der Waals surface area contributed by atoms with Gasteiger partial charge >= 0.3 is 0 Å². The van der Waals surface area contributed by atoms with Crippen LogP contribution in [0.25, 0.3) is 0 Å². The SMILES string of the molecule is Cc1nc(C)c(C(=O)C2=C(O)C(=O)N(CC[NH+](C)C)[C@H]2c2ccc(C(C)C)cc2)s1. The van der Waals surface area contributed by atoms with Gasteiger partial charge in [0.25, 0.3) is 5.91 Å². The molecule has 160 valence electrons. The number of aliphatic hydroxyl groups excluding tert-OH is 1. The van der Waals surface area contributed by atoms with Crippen LogP contribution in [-0.2, 0) is 4.79 Å². The van der Waals surface area contributed by atoms with E-state index in [2.05, 4.69) is 18.8 Å². The summed E-state index contributed by atoms with van der Waals surface area (Å²) in [6, 6.07) is 7.37. The number of carbonyl (C=O) groups excluding carboxylic acids is 2. The van der Waals surface area contributed by atoms with Crippen molar-refractivity contribution in [1.29, 1.82) is 0 Å². The highest BCUT2D eigenvalue weighted by Crippen LogP contribution is 2.40. The molecule has 0 saturated carbocycles. The second kappa shape index (κ2) is 8.70. The minimum atomic E-state index is -0.604. The number of likely N-dealkylation sites (N-methyl/N-ethyl adjacent to an activating group) is 1. The molecule has 1 amide bonds. The van der Waals surface area contributed by atoms with E-state index in [4.69, 9.17) is 0 Å². The monoisotopic (exact) mass is 428 g/mol. The molecule has 0 saturated heterocycles. The number of aryl methyl sites for hydroxylation is 2. The Labute approximate surface area is 181 Å². The van der Waals surface area contributed by atoms with Crippen LogP contribution in [-0.4, -0.2) is 53.9 Å². The minimum absolute atomic E-state index is 0.151. The number of hydrogen-bond donors (Lipinski definition) is 2. The molecule has 0 aliphatic carbocycles. The lowest BCUT2D eigenvalue weighted by Gasteiger charge is -2.27. The molecule has 0 unspecified atom stereocenters. The van der Waals surface area contributed by atoms with Crippen LogP contribution in [0.15, 0.2) is 35.6 Å². The van der Waals surface area contributed by atoms with Crippen molar-refractivity contribution in [2.24, 2.45) is 0 Å². The van der Waals surface area contributed by atoms with Gasteiger partial charge in [0.15, 0.2) is 5.76 Å². The largest absolute Gasteiger partial charge is 0.503 e. The number of aliphatic hydroxyl groups is 1. The first kappa shape index (κ1) is 22.2. The maximum absolute atomic E-state index is 13.4. The Hall–Kier alpha value is -2.51. The topological polar surface area (TPSA) is 74.9 Å². The Balaban J connectivity index is 2.08. The van der Waals surface area contributed by atoms with E-state index in [1.807, 2.05) is 45.3 Å². The summed E-state index contributed by atoms with van der Waals surface area (Å²) in [4.78, 5) is 34.0. The Bertz CT molecular complexity index is 990. The van der Waals surface area contributed by atoms with E-state index in [1.54, 1.807) is 11.8 Å². The van der Waals surface area contributed by atoms with Crippen LogP contribution < -0.4 is 4.90 Å². The summed E-state index contributed by atoms with van der Waals surface area (Å²) in [5.41, 5.74) is 2.79. The number of carbonyl (C=O) groups is 2. The minimum Gasteiger partial charge on any atom is -0.503 e. The van der Waals surface area contributed by atoms with Crippen molar-refractivity contribution < 1.29 is 19.6 Å². The maximum Gasteiger partial charge on any atom is 0.290 e. The van der Waals surface area contributed by atoms with Crippen molar-refractivity contribution in [3.05, 3.63) is 62.3 Å². The Morgan fingerprint density at radius 2 is 1.87 bits per heavy atom. The molecule has 3 rings (SSSR count). The molecule has 0 fully saturated rings. The van der Waals surface area contributed by atoms with Crippen molar-refractivity contribution in [3.8, 4) is 0 Å². The second-order valence-electron chi connectivity index (χ2n) is 8.42. The van der Waals surface area contributed by atoms with Crippen molar-refractivity contribution in [3.63, 3.8) is 0 Å². The van der Waals surface area contributed by atoms with Crippen LogP contribution in [0.2, 0.25) is 0 Å². The van der Waals surface area contributed by atoms with Crippen LogP contribution in [0, 0.1) is 13.8 Å². The molecule has 7 heteroatoms. The molecular weight excluding hydrogens is 398 g/mol. The summed E-state index contributed by atoms with van der Waals surface area (Å²) in [6.07, 6.45) is 0. The zero-order chi connectivity index (χ0) is 22.2. The first-order chi connectivity index (χ1) is 14.1. The summed E-state index contributed by atoms with van der Waals surface area (Å²) in [5.74, 6) is -0.874. The first-order valence-corrected chi connectivity index (χ1v) is 11.0. The van der Waals surface area contributed by atoms with E-state index in [0.29, 0.717) is 29.6 Å². The summed E-state index contributed by atoms with van der Waals surface area (Å²) >= 11 is 1.30. The quantitative estimate of drug-likeness (QED) is 0.665. The highest BCUT2D eigenvalue weighted by molar-refractivity contribution is 7.14. The van der Waals surface area contributed by atoms with Crippen LogP contribution in [0.4, 0.5) is 0 Å². The average molecular weight is 429 g/mol. The molecule has 0 bridgehead atoms. The van der Waals surface area contributed by atoms with Gasteiger partial charge in [-0.15, -0.1) is 11.3 Å². The van der Waals surface area contributed by atoms with E-state index in [0.717, 1.165) is 10.6 Å². The van der Waals surface area contributed by atoms with Gasteiger partial charge in [0, 0.05) is 0 Å². The number of nitrogens with zero attached hydrogens (tertiary/aromatic N) is 2. The van der Waals surface area contributed by atoms with E-state index >= 15 is 0 Å². The zero-order valence-corrected chi connectivity index (χ0v) is 19.3. The van der Waals surface area contributed by atoms with Gasteiger partial charge in [-0.25, -0.2) is 4.98 Å². The average Bonchev–Trinajstić information content (AvgIpc) is 3.15. The van der Waals surface area contributed by atoms with Gasteiger partial charge < -0.3 is 14.9 Å². The smallest absolute Gasteiger partial charge is 0.290 e. The third-order valence-electron chi connectivity index (χ3n) is 5.43. The number of aromatic nitrogens is 1. The summed E-state index contributed by atoms with van der Waals surface area (Å²) < 4.78 is 0.